The van der Waals surface area contributed by atoms with Crippen LogP contribution in [0, 0.1) is 0 Å². The van der Waals surface area contributed by atoms with E-state index in [2.05, 4.69) is 11.2 Å². The molecule has 1 saturated carbocycles. The van der Waals surface area contributed by atoms with Crippen LogP contribution in [0.15, 0.2) is 35.0 Å². The lowest BCUT2D eigenvalue weighted by Gasteiger charge is -2.15. The molecule has 0 spiro atoms. The Morgan fingerprint density at radius 2 is 1.88 bits per heavy atom. The first-order valence-electron chi connectivity index (χ1n) is 5.89. The standard InChI is InChI=1S/C14H17NO2/c1-17-13-8-6-11(7-9-13)10-12-4-2-3-5-14(12)15-16/h6-10,16H,2-5H2,1H3/b12-10-,15-14+. The van der Waals surface area contributed by atoms with E-state index in [1.165, 1.54) is 6.42 Å². The largest absolute Gasteiger partial charge is 0.497 e. The van der Waals surface area contributed by atoms with E-state index >= 15 is 0 Å². The zero-order valence-corrected chi connectivity index (χ0v) is 10.0. The molecule has 0 aromatic heterocycles. The third-order valence-electron chi connectivity index (χ3n) is 3.06. The number of hydrogen-bond acceptors (Lipinski definition) is 3. The van der Waals surface area contributed by atoms with E-state index < -0.39 is 0 Å². The first kappa shape index (κ1) is 11.7. The molecule has 1 aromatic carbocycles. The number of ether oxygens (including phenoxy) is 1. The monoisotopic (exact) mass is 231 g/mol. The average molecular weight is 231 g/mol. The van der Waals surface area contributed by atoms with Gasteiger partial charge in [0.15, 0.2) is 0 Å². The number of nitrogens with zero attached hydrogens (tertiary/aromatic N) is 1. The Morgan fingerprint density at radius 3 is 2.53 bits per heavy atom. The molecular weight excluding hydrogens is 214 g/mol. The first-order chi connectivity index (χ1) is 8.33. The maximum atomic E-state index is 8.95. The number of rotatable bonds is 2. The zero-order chi connectivity index (χ0) is 12.1. The molecule has 1 aliphatic rings. The molecular formula is C14H17NO2. The third kappa shape index (κ3) is 2.87. The normalized spacial score (nSPS) is 20.8. The van der Waals surface area contributed by atoms with Gasteiger partial charge in [0, 0.05) is 0 Å². The molecule has 3 nitrogen and oxygen atoms in total. The molecule has 1 aromatic rings. The van der Waals surface area contributed by atoms with Gasteiger partial charge in [-0.2, -0.15) is 0 Å². The van der Waals surface area contributed by atoms with E-state index in [1.807, 2.05) is 24.3 Å². The second-order valence-electron chi connectivity index (χ2n) is 4.20. The molecule has 1 fully saturated rings. The average Bonchev–Trinajstić information content (AvgIpc) is 2.40. The maximum absolute atomic E-state index is 8.95. The Hall–Kier alpha value is -1.77. The Morgan fingerprint density at radius 1 is 1.18 bits per heavy atom. The molecule has 1 aliphatic carbocycles. The minimum absolute atomic E-state index is 0.826. The highest BCUT2D eigenvalue weighted by Crippen LogP contribution is 2.24. The van der Waals surface area contributed by atoms with Gasteiger partial charge in [-0.1, -0.05) is 17.3 Å². The topological polar surface area (TPSA) is 41.8 Å². The van der Waals surface area contributed by atoms with Crippen molar-refractivity contribution in [3.63, 3.8) is 0 Å². The van der Waals surface area contributed by atoms with Gasteiger partial charge in [-0.05, 0) is 55.0 Å². The summed E-state index contributed by atoms with van der Waals surface area (Å²) in [4.78, 5) is 0. The van der Waals surface area contributed by atoms with Crippen LogP contribution in [-0.4, -0.2) is 18.0 Å². The summed E-state index contributed by atoms with van der Waals surface area (Å²) < 4.78 is 5.12. The lowest BCUT2D eigenvalue weighted by atomic mass is 9.91. The summed E-state index contributed by atoms with van der Waals surface area (Å²) in [5.74, 6) is 0.854. The lowest BCUT2D eigenvalue weighted by molar-refractivity contribution is 0.316. The first-order valence-corrected chi connectivity index (χ1v) is 5.89. The number of hydrogen-bond donors (Lipinski definition) is 1. The Kier molecular flexibility index (Phi) is 3.81. The highest BCUT2D eigenvalue weighted by molar-refractivity contribution is 6.03. The molecule has 0 saturated heterocycles. The van der Waals surface area contributed by atoms with Gasteiger partial charge in [0.25, 0.3) is 0 Å². The zero-order valence-electron chi connectivity index (χ0n) is 10.0. The summed E-state index contributed by atoms with van der Waals surface area (Å²) in [7, 11) is 1.66. The van der Waals surface area contributed by atoms with Crippen LogP contribution in [-0.2, 0) is 0 Å². The fourth-order valence-electron chi connectivity index (χ4n) is 2.08. The van der Waals surface area contributed by atoms with Crippen LogP contribution < -0.4 is 4.74 Å². The fourth-order valence-corrected chi connectivity index (χ4v) is 2.08. The summed E-state index contributed by atoms with van der Waals surface area (Å²) in [6.07, 6.45) is 6.23. The molecule has 0 unspecified atom stereocenters. The number of oxime groups is 1. The van der Waals surface area contributed by atoms with Crippen molar-refractivity contribution in [3.8, 4) is 5.75 Å². The Balaban J connectivity index is 2.21. The molecule has 1 N–H and O–H groups in total. The van der Waals surface area contributed by atoms with E-state index in [4.69, 9.17) is 9.94 Å². The second kappa shape index (κ2) is 5.53. The van der Waals surface area contributed by atoms with Crippen LogP contribution in [0.5, 0.6) is 5.75 Å². The Labute approximate surface area is 101 Å². The van der Waals surface area contributed by atoms with Gasteiger partial charge >= 0.3 is 0 Å². The smallest absolute Gasteiger partial charge is 0.118 e. The summed E-state index contributed by atoms with van der Waals surface area (Å²) in [6, 6.07) is 7.89. The molecule has 2 rings (SSSR count). The molecule has 90 valence electrons. The lowest BCUT2D eigenvalue weighted by Crippen LogP contribution is -2.08. The van der Waals surface area contributed by atoms with Crippen molar-refractivity contribution >= 4 is 11.8 Å². The van der Waals surface area contributed by atoms with Crippen molar-refractivity contribution in [2.45, 2.75) is 25.7 Å². The Bertz CT molecular complexity index is 432. The van der Waals surface area contributed by atoms with Crippen LogP contribution in [0.3, 0.4) is 0 Å². The molecule has 0 atom stereocenters. The number of methoxy groups -OCH3 is 1. The van der Waals surface area contributed by atoms with Crippen LogP contribution in [0.25, 0.3) is 6.08 Å². The van der Waals surface area contributed by atoms with E-state index in [1.54, 1.807) is 7.11 Å². The van der Waals surface area contributed by atoms with Crippen molar-refractivity contribution in [1.29, 1.82) is 0 Å². The van der Waals surface area contributed by atoms with Gasteiger partial charge in [-0.3, -0.25) is 0 Å². The van der Waals surface area contributed by atoms with E-state index in [-0.39, 0.29) is 0 Å². The SMILES string of the molecule is COc1ccc(/C=C2/CCCC/C2=N\O)cc1. The molecule has 0 amide bonds. The van der Waals surface area contributed by atoms with Crippen molar-refractivity contribution < 1.29 is 9.94 Å². The molecule has 0 heterocycles. The summed E-state index contributed by atoms with van der Waals surface area (Å²) >= 11 is 0. The third-order valence-corrected chi connectivity index (χ3v) is 3.06. The minimum atomic E-state index is 0.826. The highest BCUT2D eigenvalue weighted by Gasteiger charge is 2.13. The van der Waals surface area contributed by atoms with Gasteiger partial charge < -0.3 is 9.94 Å². The van der Waals surface area contributed by atoms with Gasteiger partial charge in [0.2, 0.25) is 0 Å². The quantitative estimate of drug-likeness (QED) is 0.625. The minimum Gasteiger partial charge on any atom is -0.497 e. The van der Waals surface area contributed by atoms with Gasteiger partial charge in [0.1, 0.15) is 5.75 Å². The van der Waals surface area contributed by atoms with Crippen molar-refractivity contribution in [3.05, 3.63) is 35.4 Å². The predicted octanol–water partition coefficient (Wildman–Crippen LogP) is 3.48. The van der Waals surface area contributed by atoms with Crippen molar-refractivity contribution in [2.24, 2.45) is 5.16 Å². The van der Waals surface area contributed by atoms with Gasteiger partial charge in [-0.15, -0.1) is 0 Å². The molecule has 3 heteroatoms. The summed E-state index contributed by atoms with van der Waals surface area (Å²) in [5, 5.41) is 12.3. The van der Waals surface area contributed by atoms with E-state index in [0.717, 1.165) is 41.9 Å². The van der Waals surface area contributed by atoms with Crippen LogP contribution in [0.1, 0.15) is 31.2 Å². The van der Waals surface area contributed by atoms with Crippen LogP contribution in [0.4, 0.5) is 0 Å². The van der Waals surface area contributed by atoms with Gasteiger partial charge in [-0.25, -0.2) is 0 Å². The van der Waals surface area contributed by atoms with Crippen molar-refractivity contribution in [1.82, 2.24) is 0 Å². The summed E-state index contributed by atoms with van der Waals surface area (Å²) in [5.41, 5.74) is 3.08. The van der Waals surface area contributed by atoms with Crippen LogP contribution >= 0.6 is 0 Å². The second-order valence-corrected chi connectivity index (χ2v) is 4.20. The van der Waals surface area contributed by atoms with Crippen LogP contribution in [0.2, 0.25) is 0 Å². The highest BCUT2D eigenvalue weighted by atomic mass is 16.5. The molecule has 0 radical (unpaired) electrons. The number of allylic oxidation sites excluding steroid dienone is 1. The molecule has 0 aliphatic heterocycles. The summed E-state index contributed by atoms with van der Waals surface area (Å²) in [6.45, 7) is 0. The van der Waals surface area contributed by atoms with E-state index in [9.17, 15) is 0 Å². The van der Waals surface area contributed by atoms with Gasteiger partial charge in [0.05, 0.1) is 12.8 Å². The number of benzene rings is 1. The predicted molar refractivity (Wildman–Crippen MR) is 68.7 cm³/mol. The molecule has 0 bridgehead atoms. The molecule has 17 heavy (non-hydrogen) atoms. The maximum Gasteiger partial charge on any atom is 0.118 e. The fraction of sp³-hybridized carbons (Fsp3) is 0.357. The van der Waals surface area contributed by atoms with E-state index in [0.29, 0.717) is 0 Å². The van der Waals surface area contributed by atoms with Crippen molar-refractivity contribution in [2.75, 3.05) is 7.11 Å².